The molecule has 0 spiro atoms. The smallest absolute Gasteiger partial charge is 0.115 e. The summed E-state index contributed by atoms with van der Waals surface area (Å²) in [5, 5.41) is 0. The molecule has 35 heavy (non-hydrogen) atoms. The highest BCUT2D eigenvalue weighted by atomic mass is 15.4. The predicted octanol–water partition coefficient (Wildman–Crippen LogP) is 8.95. The number of benzene rings is 2. The zero-order chi connectivity index (χ0) is 24.4. The molecule has 2 aromatic carbocycles. The van der Waals surface area contributed by atoms with Gasteiger partial charge in [0, 0.05) is 27.9 Å². The summed E-state index contributed by atoms with van der Waals surface area (Å²) in [6.45, 7) is 12.1. The molecule has 2 fully saturated rings. The van der Waals surface area contributed by atoms with Crippen LogP contribution in [0.2, 0.25) is 0 Å². The van der Waals surface area contributed by atoms with E-state index < -0.39 is 0 Å². The molecule has 0 bridgehead atoms. The van der Waals surface area contributed by atoms with Crippen LogP contribution in [0, 0.1) is 24.2 Å². The van der Waals surface area contributed by atoms with E-state index in [1.54, 1.807) is 11.3 Å². The van der Waals surface area contributed by atoms with Gasteiger partial charge >= 0.3 is 0 Å². The van der Waals surface area contributed by atoms with Crippen molar-refractivity contribution >= 4 is 11.4 Å². The van der Waals surface area contributed by atoms with Crippen LogP contribution in [-0.4, -0.2) is 6.17 Å². The van der Waals surface area contributed by atoms with E-state index in [4.69, 9.17) is 0 Å². The van der Waals surface area contributed by atoms with E-state index in [1.165, 1.54) is 80.4 Å². The molecule has 2 aromatic rings. The molecule has 2 aliphatic carbocycles. The summed E-state index contributed by atoms with van der Waals surface area (Å²) in [5.41, 5.74) is 9.35. The number of aryl methyl sites for hydroxylation is 1. The van der Waals surface area contributed by atoms with Gasteiger partial charge in [0.05, 0.1) is 5.70 Å². The molecule has 6 rings (SSSR count). The second-order valence-electron chi connectivity index (χ2n) is 12.9. The summed E-state index contributed by atoms with van der Waals surface area (Å²) < 4.78 is 0. The van der Waals surface area contributed by atoms with E-state index in [0.29, 0.717) is 0 Å². The Kier molecular flexibility index (Phi) is 5.58. The number of hydrogen-bond donors (Lipinski definition) is 0. The average molecular weight is 469 g/mol. The Labute approximate surface area is 213 Å². The maximum Gasteiger partial charge on any atom is 0.115 e. The molecule has 2 heterocycles. The predicted molar refractivity (Wildman–Crippen MR) is 149 cm³/mol. The highest BCUT2D eigenvalue weighted by Crippen LogP contribution is 2.66. The molecule has 4 aliphatic rings. The third-order valence-electron chi connectivity index (χ3n) is 9.83. The lowest BCUT2D eigenvalue weighted by atomic mass is 9.57. The minimum Gasteiger partial charge on any atom is -0.322 e. The van der Waals surface area contributed by atoms with Gasteiger partial charge in [0.15, 0.2) is 0 Å². The summed E-state index contributed by atoms with van der Waals surface area (Å²) in [7, 11) is 0. The molecule has 0 radical (unpaired) electrons. The van der Waals surface area contributed by atoms with E-state index in [-0.39, 0.29) is 17.0 Å². The topological polar surface area (TPSA) is 6.48 Å². The van der Waals surface area contributed by atoms with Gasteiger partial charge in [-0.25, -0.2) is 0 Å². The van der Waals surface area contributed by atoms with Crippen molar-refractivity contribution in [1.29, 1.82) is 0 Å². The van der Waals surface area contributed by atoms with Crippen molar-refractivity contribution in [3.8, 4) is 0 Å². The second-order valence-corrected chi connectivity index (χ2v) is 12.9. The van der Waals surface area contributed by atoms with Crippen LogP contribution in [0.25, 0.3) is 0 Å². The molecule has 2 heteroatoms. The molecule has 2 saturated carbocycles. The summed E-state index contributed by atoms with van der Waals surface area (Å²) in [6, 6.07) is 18.6. The Balaban J connectivity index is 1.66. The molecule has 2 nitrogen and oxygen atoms in total. The van der Waals surface area contributed by atoms with Gasteiger partial charge in [-0.1, -0.05) is 89.3 Å². The van der Waals surface area contributed by atoms with Gasteiger partial charge in [0.2, 0.25) is 0 Å². The first-order valence-electron chi connectivity index (χ1n) is 14.3. The average Bonchev–Trinajstić information content (AvgIpc) is 3.55. The zero-order valence-corrected chi connectivity index (χ0v) is 22.6. The minimum atomic E-state index is 0.0940. The molecule has 0 saturated heterocycles. The first kappa shape index (κ1) is 23.2. The first-order chi connectivity index (χ1) is 16.9. The van der Waals surface area contributed by atoms with Crippen molar-refractivity contribution in [3.05, 3.63) is 71.1 Å². The number of allylic oxidation sites excluding steroid dienone is 2. The van der Waals surface area contributed by atoms with Crippen LogP contribution in [0.5, 0.6) is 0 Å². The lowest BCUT2D eigenvalue weighted by molar-refractivity contribution is 0.166. The molecule has 186 valence electrons. The fourth-order valence-corrected chi connectivity index (χ4v) is 8.64. The highest BCUT2D eigenvalue weighted by molar-refractivity contribution is 5.80. The van der Waals surface area contributed by atoms with Crippen LogP contribution in [0.1, 0.15) is 96.6 Å². The van der Waals surface area contributed by atoms with Crippen LogP contribution < -0.4 is 9.80 Å². The molecule has 2 aliphatic heterocycles. The standard InChI is InChI=1S/C33H44N2/c1-23-15-9-13-21-28(23)34-24(2)30-33(26-18-10-11-19-26,25-16-7-6-8-17-25)27-20-12-14-22-29(27)35(30)31(34)32(3,4)5/h9,12-15,20-22,25-26,31H,6-8,10-11,16-19H2,1-5H3. The normalized spacial score (nSPS) is 27.6. The molecular weight excluding hydrogens is 424 g/mol. The van der Waals surface area contributed by atoms with E-state index in [0.717, 1.165) is 11.8 Å². The number of fused-ring (bicyclic) bond motifs is 3. The Morgan fingerprint density at radius 3 is 1.83 bits per heavy atom. The van der Waals surface area contributed by atoms with Crippen molar-refractivity contribution in [2.75, 3.05) is 9.80 Å². The lowest BCUT2D eigenvalue weighted by Crippen LogP contribution is -2.50. The first-order valence-corrected chi connectivity index (χ1v) is 14.3. The second kappa shape index (κ2) is 8.43. The van der Waals surface area contributed by atoms with E-state index in [1.807, 2.05) is 0 Å². The molecule has 2 atom stereocenters. The summed E-state index contributed by atoms with van der Waals surface area (Å²) >= 11 is 0. The van der Waals surface area contributed by atoms with Gasteiger partial charge in [0.1, 0.15) is 6.17 Å². The Morgan fingerprint density at radius 2 is 1.23 bits per heavy atom. The van der Waals surface area contributed by atoms with E-state index in [9.17, 15) is 0 Å². The SMILES string of the molecule is CC1=C2N(c3ccccc3C2(C2CCCCC2)C2CCCC2)C(C(C)(C)C)N1c1ccccc1C. The van der Waals surface area contributed by atoms with Gasteiger partial charge in [0.25, 0.3) is 0 Å². The van der Waals surface area contributed by atoms with Gasteiger partial charge in [-0.05, 0) is 74.6 Å². The van der Waals surface area contributed by atoms with Crippen LogP contribution >= 0.6 is 0 Å². The number of nitrogens with zero attached hydrogens (tertiary/aromatic N) is 2. The van der Waals surface area contributed by atoms with Crippen molar-refractivity contribution in [1.82, 2.24) is 0 Å². The zero-order valence-electron chi connectivity index (χ0n) is 22.6. The van der Waals surface area contributed by atoms with Gasteiger partial charge in [-0.3, -0.25) is 0 Å². The van der Waals surface area contributed by atoms with Crippen molar-refractivity contribution in [2.45, 2.75) is 104 Å². The number of anilines is 2. The van der Waals surface area contributed by atoms with Gasteiger partial charge < -0.3 is 9.80 Å². The van der Waals surface area contributed by atoms with Crippen LogP contribution in [-0.2, 0) is 5.41 Å². The third-order valence-corrected chi connectivity index (χ3v) is 9.83. The lowest BCUT2D eigenvalue weighted by Gasteiger charge is -2.46. The monoisotopic (exact) mass is 468 g/mol. The van der Waals surface area contributed by atoms with Crippen molar-refractivity contribution in [3.63, 3.8) is 0 Å². The Hall–Kier alpha value is -2.22. The Bertz CT molecular complexity index is 1130. The van der Waals surface area contributed by atoms with Crippen LogP contribution in [0.3, 0.4) is 0 Å². The van der Waals surface area contributed by atoms with E-state index in [2.05, 4.69) is 92.9 Å². The summed E-state index contributed by atoms with van der Waals surface area (Å²) in [6.07, 6.45) is 12.9. The Morgan fingerprint density at radius 1 is 0.686 bits per heavy atom. The van der Waals surface area contributed by atoms with Crippen molar-refractivity contribution in [2.24, 2.45) is 17.3 Å². The van der Waals surface area contributed by atoms with Crippen molar-refractivity contribution < 1.29 is 0 Å². The molecule has 0 amide bonds. The summed E-state index contributed by atoms with van der Waals surface area (Å²) in [5.74, 6) is 1.52. The quantitative estimate of drug-likeness (QED) is 0.443. The number of hydrogen-bond acceptors (Lipinski definition) is 2. The molecule has 0 aromatic heterocycles. The van der Waals surface area contributed by atoms with E-state index >= 15 is 0 Å². The van der Waals surface area contributed by atoms with Gasteiger partial charge in [-0.2, -0.15) is 0 Å². The number of para-hydroxylation sites is 2. The maximum atomic E-state index is 2.84. The van der Waals surface area contributed by atoms with Crippen LogP contribution in [0.15, 0.2) is 59.9 Å². The molecule has 2 unspecified atom stereocenters. The maximum absolute atomic E-state index is 2.84. The molecular formula is C33H44N2. The summed E-state index contributed by atoms with van der Waals surface area (Å²) in [4.78, 5) is 5.57. The van der Waals surface area contributed by atoms with Gasteiger partial charge in [-0.15, -0.1) is 0 Å². The molecule has 0 N–H and O–H groups in total. The number of rotatable bonds is 3. The third kappa shape index (κ3) is 3.27. The highest BCUT2D eigenvalue weighted by Gasteiger charge is 2.62. The van der Waals surface area contributed by atoms with Crippen LogP contribution in [0.4, 0.5) is 11.4 Å². The largest absolute Gasteiger partial charge is 0.322 e. The fraction of sp³-hybridized carbons (Fsp3) is 0.576. The minimum absolute atomic E-state index is 0.0940. The fourth-order valence-electron chi connectivity index (χ4n) is 8.64.